The van der Waals surface area contributed by atoms with Crippen LogP contribution in [0.25, 0.3) is 0 Å². The summed E-state index contributed by atoms with van der Waals surface area (Å²) in [6.45, 7) is 0.970. The molecule has 112 valence electrons. The molecular weight excluding hydrogens is 338 g/mol. The van der Waals surface area contributed by atoms with Gasteiger partial charge in [0.15, 0.2) is 0 Å². The van der Waals surface area contributed by atoms with Gasteiger partial charge in [-0.05, 0) is 31.0 Å². The number of benzene rings is 1. The van der Waals surface area contributed by atoms with Crippen LogP contribution in [0.1, 0.15) is 30.7 Å². The SMILES string of the molecule is O=C(O)CC1CCCN1C(=O)C1COc2ccc(Br)cc21. The standard InChI is InChI=1S/C15H16BrNO4/c16-9-3-4-13-11(6-9)12(8-21-13)15(20)17-5-1-2-10(17)7-14(18)19/h3-4,6,10,12H,1-2,5,7-8H2,(H,18,19). The van der Waals surface area contributed by atoms with Gasteiger partial charge in [-0.25, -0.2) is 0 Å². The largest absolute Gasteiger partial charge is 0.492 e. The van der Waals surface area contributed by atoms with E-state index in [9.17, 15) is 9.59 Å². The summed E-state index contributed by atoms with van der Waals surface area (Å²) in [6.07, 6.45) is 1.64. The van der Waals surface area contributed by atoms with Gasteiger partial charge in [0.25, 0.3) is 0 Å². The van der Waals surface area contributed by atoms with E-state index in [4.69, 9.17) is 9.84 Å². The first-order chi connectivity index (χ1) is 10.1. The van der Waals surface area contributed by atoms with E-state index in [1.807, 2.05) is 18.2 Å². The molecule has 1 aromatic rings. The summed E-state index contributed by atoms with van der Waals surface area (Å²) in [4.78, 5) is 25.4. The molecule has 6 heteroatoms. The minimum absolute atomic E-state index is 0.0180. The Hall–Kier alpha value is -1.56. The van der Waals surface area contributed by atoms with Gasteiger partial charge >= 0.3 is 5.97 Å². The van der Waals surface area contributed by atoms with Crippen LogP contribution in [0.2, 0.25) is 0 Å². The fourth-order valence-corrected chi connectivity index (χ4v) is 3.51. The Morgan fingerprint density at radius 3 is 3.00 bits per heavy atom. The molecule has 0 aromatic heterocycles. The minimum Gasteiger partial charge on any atom is -0.492 e. The van der Waals surface area contributed by atoms with Gasteiger partial charge in [0.1, 0.15) is 18.3 Å². The normalized spacial score (nSPS) is 23.8. The lowest BCUT2D eigenvalue weighted by Gasteiger charge is -2.26. The smallest absolute Gasteiger partial charge is 0.305 e. The van der Waals surface area contributed by atoms with Crippen LogP contribution in [0.15, 0.2) is 22.7 Å². The predicted molar refractivity (Wildman–Crippen MR) is 79.4 cm³/mol. The number of rotatable bonds is 3. The van der Waals surface area contributed by atoms with Crippen LogP contribution < -0.4 is 4.74 Å². The molecule has 2 aliphatic rings. The summed E-state index contributed by atoms with van der Waals surface area (Å²) in [6, 6.07) is 5.46. The Balaban J connectivity index is 1.81. The monoisotopic (exact) mass is 353 g/mol. The Kier molecular flexibility index (Phi) is 3.89. The van der Waals surface area contributed by atoms with Gasteiger partial charge in [-0.15, -0.1) is 0 Å². The molecule has 1 amide bonds. The van der Waals surface area contributed by atoms with E-state index in [1.165, 1.54) is 0 Å². The molecule has 0 aliphatic carbocycles. The van der Waals surface area contributed by atoms with E-state index < -0.39 is 5.97 Å². The lowest BCUT2D eigenvalue weighted by Crippen LogP contribution is -2.40. The fourth-order valence-electron chi connectivity index (χ4n) is 3.13. The van der Waals surface area contributed by atoms with Gasteiger partial charge in [0.2, 0.25) is 5.91 Å². The Morgan fingerprint density at radius 2 is 2.24 bits per heavy atom. The van der Waals surface area contributed by atoms with Crippen LogP contribution in [0.3, 0.4) is 0 Å². The van der Waals surface area contributed by atoms with E-state index >= 15 is 0 Å². The van der Waals surface area contributed by atoms with Crippen molar-refractivity contribution in [3.8, 4) is 5.75 Å². The molecule has 0 spiro atoms. The molecule has 1 fully saturated rings. The lowest BCUT2D eigenvalue weighted by atomic mass is 9.99. The van der Waals surface area contributed by atoms with Crippen LogP contribution in [-0.2, 0) is 9.59 Å². The molecule has 2 aliphatic heterocycles. The maximum atomic E-state index is 12.8. The predicted octanol–water partition coefficient (Wildman–Crippen LogP) is 2.39. The van der Waals surface area contributed by atoms with Crippen molar-refractivity contribution in [2.75, 3.05) is 13.2 Å². The van der Waals surface area contributed by atoms with Crippen LogP contribution in [0.5, 0.6) is 5.75 Å². The number of carboxylic acids is 1. The summed E-state index contributed by atoms with van der Waals surface area (Å²) in [5.74, 6) is -0.460. The van der Waals surface area contributed by atoms with Crippen molar-refractivity contribution in [1.82, 2.24) is 4.90 Å². The van der Waals surface area contributed by atoms with Crippen LogP contribution in [0, 0.1) is 0 Å². The zero-order chi connectivity index (χ0) is 15.0. The number of nitrogens with zero attached hydrogens (tertiary/aromatic N) is 1. The highest BCUT2D eigenvalue weighted by molar-refractivity contribution is 9.10. The molecule has 1 N–H and O–H groups in total. The average Bonchev–Trinajstić information content (AvgIpc) is 3.03. The number of hydrogen-bond donors (Lipinski definition) is 1. The van der Waals surface area contributed by atoms with Crippen LogP contribution >= 0.6 is 15.9 Å². The lowest BCUT2D eigenvalue weighted by molar-refractivity contribution is -0.140. The Labute approximate surface area is 131 Å². The maximum absolute atomic E-state index is 12.8. The molecule has 3 rings (SSSR count). The molecule has 2 atom stereocenters. The van der Waals surface area contributed by atoms with E-state index in [1.54, 1.807) is 4.90 Å². The summed E-state index contributed by atoms with van der Waals surface area (Å²) >= 11 is 3.41. The van der Waals surface area contributed by atoms with Gasteiger partial charge < -0.3 is 14.7 Å². The van der Waals surface area contributed by atoms with Gasteiger partial charge in [0.05, 0.1) is 6.42 Å². The van der Waals surface area contributed by atoms with Gasteiger partial charge in [-0.2, -0.15) is 0 Å². The molecule has 2 heterocycles. The second-order valence-corrected chi connectivity index (χ2v) is 6.39. The quantitative estimate of drug-likeness (QED) is 0.905. The van der Waals surface area contributed by atoms with Gasteiger partial charge in [-0.3, -0.25) is 9.59 Å². The Morgan fingerprint density at radius 1 is 1.43 bits per heavy atom. The van der Waals surface area contributed by atoms with E-state index in [-0.39, 0.29) is 24.3 Å². The molecular formula is C15H16BrNO4. The molecule has 0 bridgehead atoms. The zero-order valence-electron chi connectivity index (χ0n) is 11.4. The van der Waals surface area contributed by atoms with Crippen molar-refractivity contribution in [2.45, 2.75) is 31.2 Å². The van der Waals surface area contributed by atoms with Crippen molar-refractivity contribution in [3.05, 3.63) is 28.2 Å². The topological polar surface area (TPSA) is 66.8 Å². The number of ether oxygens (including phenoxy) is 1. The number of aliphatic carboxylic acids is 1. The second kappa shape index (κ2) is 5.67. The third-order valence-corrected chi connectivity index (χ3v) is 4.61. The highest BCUT2D eigenvalue weighted by Crippen LogP contribution is 2.38. The van der Waals surface area contributed by atoms with Gasteiger partial charge in [0, 0.05) is 22.6 Å². The second-order valence-electron chi connectivity index (χ2n) is 5.47. The first-order valence-corrected chi connectivity index (χ1v) is 7.80. The minimum atomic E-state index is -0.856. The molecule has 0 radical (unpaired) electrons. The zero-order valence-corrected chi connectivity index (χ0v) is 13.0. The van der Waals surface area contributed by atoms with E-state index in [0.717, 1.165) is 28.6 Å². The number of carbonyl (C=O) groups is 2. The van der Waals surface area contributed by atoms with E-state index in [2.05, 4.69) is 15.9 Å². The first kappa shape index (κ1) is 14.4. The third-order valence-electron chi connectivity index (χ3n) is 4.12. The van der Waals surface area contributed by atoms with Crippen molar-refractivity contribution in [1.29, 1.82) is 0 Å². The molecule has 5 nitrogen and oxygen atoms in total. The van der Waals surface area contributed by atoms with Crippen molar-refractivity contribution in [3.63, 3.8) is 0 Å². The molecule has 1 aromatic carbocycles. The van der Waals surface area contributed by atoms with Crippen molar-refractivity contribution >= 4 is 27.8 Å². The van der Waals surface area contributed by atoms with Crippen molar-refractivity contribution in [2.24, 2.45) is 0 Å². The number of halogens is 1. The molecule has 2 unspecified atom stereocenters. The average molecular weight is 354 g/mol. The van der Waals surface area contributed by atoms with E-state index in [0.29, 0.717) is 13.2 Å². The number of amides is 1. The summed E-state index contributed by atoms with van der Waals surface area (Å²) in [5.41, 5.74) is 0.885. The molecule has 21 heavy (non-hydrogen) atoms. The van der Waals surface area contributed by atoms with Crippen LogP contribution in [0.4, 0.5) is 0 Å². The first-order valence-electron chi connectivity index (χ1n) is 7.01. The molecule has 0 saturated carbocycles. The molecule has 1 saturated heterocycles. The summed E-state index contributed by atoms with van der Waals surface area (Å²) in [7, 11) is 0. The Bertz CT molecular complexity index is 589. The number of fused-ring (bicyclic) bond motifs is 1. The number of carboxylic acid groups (broad SMARTS) is 1. The van der Waals surface area contributed by atoms with Gasteiger partial charge in [-0.1, -0.05) is 15.9 Å². The fraction of sp³-hybridized carbons (Fsp3) is 0.467. The number of hydrogen-bond acceptors (Lipinski definition) is 3. The maximum Gasteiger partial charge on any atom is 0.305 e. The summed E-state index contributed by atoms with van der Waals surface area (Å²) < 4.78 is 6.49. The number of likely N-dealkylation sites (tertiary alicyclic amines) is 1. The summed E-state index contributed by atoms with van der Waals surface area (Å²) in [5, 5.41) is 8.96. The highest BCUT2D eigenvalue weighted by atomic mass is 79.9. The van der Waals surface area contributed by atoms with Crippen molar-refractivity contribution < 1.29 is 19.4 Å². The van der Waals surface area contributed by atoms with Crippen LogP contribution in [-0.4, -0.2) is 41.1 Å². The third kappa shape index (κ3) is 2.77. The highest BCUT2D eigenvalue weighted by Gasteiger charge is 2.38. The number of carbonyl (C=O) groups excluding carboxylic acids is 1.